The van der Waals surface area contributed by atoms with Crippen molar-refractivity contribution < 1.29 is 29.0 Å². The Labute approximate surface area is 459 Å². The number of fused-ring (bicyclic) bond motifs is 2. The highest BCUT2D eigenvalue weighted by molar-refractivity contribution is 9.11. The van der Waals surface area contributed by atoms with Crippen LogP contribution in [-0.4, -0.2) is 126 Å². The van der Waals surface area contributed by atoms with E-state index in [4.69, 9.17) is 10.5 Å². The van der Waals surface area contributed by atoms with Crippen LogP contribution in [0.15, 0.2) is 130 Å². The van der Waals surface area contributed by atoms with E-state index in [9.17, 15) is 24.3 Å². The topological polar surface area (TPSA) is 198 Å². The Hall–Kier alpha value is -6.25. The smallest absolute Gasteiger partial charge is 0.322 e. The Morgan fingerprint density at radius 1 is 0.840 bits per heavy atom. The monoisotopic (exact) mass is 1160 g/mol. The summed E-state index contributed by atoms with van der Waals surface area (Å²) >= 11 is 8.50. The highest BCUT2D eigenvalue weighted by Gasteiger charge is 2.35. The lowest BCUT2D eigenvalue weighted by Crippen LogP contribution is -2.59. The SMILES string of the molecule is CNCC[C@H](Oc1cccc2ccccc12)c1cccs1.NCCCC[C@H](NC(=O)[C@@H](Cc1cc(Br)c(O)c(Br)c1)NC(=O)N1CCC(N2Cc3ccccc3NC2=O)CC1)C(=O)N1CCN(c2ccncc2)CC1. The summed E-state index contributed by atoms with van der Waals surface area (Å²) in [5, 5.41) is 26.9. The number of phenolic OH excluding ortho intramolecular Hbond substituents is 1. The normalized spacial score (nSPS) is 16.0. The zero-order valence-corrected chi connectivity index (χ0v) is 46.1. The van der Waals surface area contributed by atoms with Crippen LogP contribution in [0.2, 0.25) is 0 Å². The van der Waals surface area contributed by atoms with Gasteiger partial charge in [-0.25, -0.2) is 9.59 Å². The van der Waals surface area contributed by atoms with Gasteiger partial charge >= 0.3 is 12.1 Å². The minimum Gasteiger partial charge on any atom is -0.506 e. The molecule has 0 unspecified atom stereocenters. The number of unbranched alkanes of at least 4 members (excludes halogenated alkanes) is 1. The van der Waals surface area contributed by atoms with Crippen LogP contribution in [0.1, 0.15) is 60.6 Å². The maximum absolute atomic E-state index is 14.2. The van der Waals surface area contributed by atoms with Crippen LogP contribution in [0, 0.1) is 0 Å². The van der Waals surface area contributed by atoms with E-state index in [-0.39, 0.29) is 36.3 Å². The van der Waals surface area contributed by atoms with Crippen molar-refractivity contribution in [2.24, 2.45) is 5.73 Å². The van der Waals surface area contributed by atoms with Crippen molar-refractivity contribution in [3.63, 3.8) is 0 Å². The number of carbonyl (C=O) groups excluding carboxylic acids is 4. The van der Waals surface area contributed by atoms with Gasteiger partial charge in [0.05, 0.1) is 8.95 Å². The molecule has 0 saturated carbocycles. The molecule has 3 atom stereocenters. The molecule has 0 aliphatic carbocycles. The number of phenols is 1. The average molecular weight is 1170 g/mol. The summed E-state index contributed by atoms with van der Waals surface area (Å²) in [7, 11) is 1.98. The highest BCUT2D eigenvalue weighted by Crippen LogP contribution is 2.35. The predicted molar refractivity (Wildman–Crippen MR) is 303 cm³/mol. The first-order valence-corrected chi connectivity index (χ1v) is 28.1. The molecule has 3 aliphatic rings. The van der Waals surface area contributed by atoms with Crippen LogP contribution < -0.4 is 36.6 Å². The molecule has 2 aromatic heterocycles. The zero-order valence-electron chi connectivity index (χ0n) is 42.1. The molecule has 0 bridgehead atoms. The Balaban J connectivity index is 0.000000295. The molecule has 4 aromatic carbocycles. The number of piperazine rings is 1. The van der Waals surface area contributed by atoms with Gasteiger partial charge < -0.3 is 56.4 Å². The molecule has 396 valence electrons. The second-order valence-corrected chi connectivity index (χ2v) is 21.6. The van der Waals surface area contributed by atoms with Gasteiger partial charge in [-0.1, -0.05) is 60.7 Å². The van der Waals surface area contributed by atoms with Crippen LogP contribution in [0.3, 0.4) is 0 Å². The number of anilines is 2. The standard InChI is InChI=1S/C38H47Br2N9O5.C18H19NOS/c39-29-21-25(22-30(40)34(29)50)23-33(45-37(53)48-15-10-28(11-16-48)49-24-26-5-1-2-6-31(26)44-38(49)54)35(51)43-32(7-3-4-12-41)36(52)47-19-17-46(18-20-47)27-8-13-42-14-9-27;1-19-12-11-17(18-10-5-13-21-18)20-16-9-4-7-14-6-2-3-8-15(14)16/h1-2,5-6,8-9,13-14,21-22,28,32-33,50H,3-4,7,10-12,15-20,23-24,41H2,(H,43,51)(H,44,54)(H,45,53);2-10,13,17,19H,11-12H2,1H3/t32-,33+;17-/m00/s1. The molecule has 19 heteroatoms. The number of hydrogen-bond acceptors (Lipinski definition) is 11. The summed E-state index contributed by atoms with van der Waals surface area (Å²) in [6.07, 6.45) is 7.59. The number of nitrogens with two attached hydrogens (primary N) is 1. The summed E-state index contributed by atoms with van der Waals surface area (Å²) < 4.78 is 7.21. The summed E-state index contributed by atoms with van der Waals surface area (Å²) in [6, 6.07) is 31.4. The Morgan fingerprint density at radius 2 is 1.56 bits per heavy atom. The number of ether oxygens (including phenoxy) is 1. The fourth-order valence-electron chi connectivity index (χ4n) is 9.76. The maximum Gasteiger partial charge on any atom is 0.322 e. The molecule has 5 heterocycles. The first-order valence-electron chi connectivity index (χ1n) is 25.6. The maximum atomic E-state index is 14.2. The second kappa shape index (κ2) is 27.0. The lowest BCUT2D eigenvalue weighted by molar-refractivity contribution is -0.137. The number of aromatic hydroxyl groups is 1. The molecule has 6 amide bonds. The Bertz CT molecular complexity index is 2820. The lowest BCUT2D eigenvalue weighted by atomic mass is 10.0. The third-order valence-electron chi connectivity index (χ3n) is 13.9. The van der Waals surface area contributed by atoms with E-state index in [1.54, 1.807) is 45.7 Å². The van der Waals surface area contributed by atoms with Gasteiger partial charge in [0.15, 0.2) is 0 Å². The number of urea groups is 2. The number of rotatable bonds is 18. The van der Waals surface area contributed by atoms with Gasteiger partial charge in [-0.2, -0.15) is 0 Å². The molecule has 2 fully saturated rings. The van der Waals surface area contributed by atoms with E-state index in [2.05, 4.69) is 123 Å². The van der Waals surface area contributed by atoms with E-state index < -0.39 is 24.0 Å². The first kappa shape index (κ1) is 55.0. The van der Waals surface area contributed by atoms with E-state index in [1.807, 2.05) is 48.3 Å². The van der Waals surface area contributed by atoms with Gasteiger partial charge in [0, 0.05) is 98.7 Å². The van der Waals surface area contributed by atoms with Crippen molar-refractivity contribution in [2.75, 3.05) is 69.6 Å². The zero-order chi connectivity index (χ0) is 52.7. The van der Waals surface area contributed by atoms with Gasteiger partial charge in [-0.05, 0) is 148 Å². The largest absolute Gasteiger partial charge is 0.506 e. The molecule has 16 nitrogen and oxygen atoms in total. The Kier molecular flexibility index (Phi) is 19.8. The van der Waals surface area contributed by atoms with Gasteiger partial charge in [-0.15, -0.1) is 11.3 Å². The van der Waals surface area contributed by atoms with Crippen LogP contribution in [0.25, 0.3) is 10.8 Å². The van der Waals surface area contributed by atoms with Gasteiger partial charge in [0.25, 0.3) is 0 Å². The molecule has 0 spiro atoms. The number of nitrogens with one attached hydrogen (secondary N) is 4. The van der Waals surface area contributed by atoms with Crippen molar-refractivity contribution in [2.45, 2.75) is 75.7 Å². The fourth-order valence-corrected chi connectivity index (χ4v) is 11.8. The third kappa shape index (κ3) is 14.6. The Morgan fingerprint density at radius 3 is 2.28 bits per heavy atom. The highest BCUT2D eigenvalue weighted by atomic mass is 79.9. The molecule has 7 N–H and O–H groups in total. The number of carbonyl (C=O) groups is 4. The van der Waals surface area contributed by atoms with Gasteiger partial charge in [-0.3, -0.25) is 14.6 Å². The number of piperidine rings is 1. The number of para-hydroxylation sites is 1. The van der Waals surface area contributed by atoms with Crippen LogP contribution in [0.4, 0.5) is 21.0 Å². The molecule has 75 heavy (non-hydrogen) atoms. The van der Waals surface area contributed by atoms with E-state index in [0.717, 1.165) is 35.7 Å². The second-order valence-electron chi connectivity index (χ2n) is 18.9. The number of amides is 6. The van der Waals surface area contributed by atoms with Crippen LogP contribution in [-0.2, 0) is 22.6 Å². The number of halogens is 2. The van der Waals surface area contributed by atoms with Crippen molar-refractivity contribution in [1.82, 2.24) is 35.6 Å². The van der Waals surface area contributed by atoms with Gasteiger partial charge in [0.2, 0.25) is 11.8 Å². The van der Waals surface area contributed by atoms with E-state index in [1.165, 1.54) is 15.6 Å². The predicted octanol–water partition coefficient (Wildman–Crippen LogP) is 9.04. The quantitative estimate of drug-likeness (QED) is 0.0452. The number of nitrogens with zero attached hydrogens (tertiary/aromatic N) is 5. The fraction of sp³-hybridized carbons (Fsp3) is 0.375. The summed E-state index contributed by atoms with van der Waals surface area (Å²) in [4.78, 5) is 67.8. The summed E-state index contributed by atoms with van der Waals surface area (Å²) in [5.74, 6) is 0.333. The third-order valence-corrected chi connectivity index (χ3v) is 16.1. The number of hydrogen-bond donors (Lipinski definition) is 6. The van der Waals surface area contributed by atoms with Crippen molar-refractivity contribution in [3.05, 3.63) is 146 Å². The molecule has 2 saturated heterocycles. The molecular weight excluding hydrogens is 1100 g/mol. The molecule has 3 aliphatic heterocycles. The molecule has 6 aromatic rings. The number of thiophene rings is 1. The summed E-state index contributed by atoms with van der Waals surface area (Å²) in [5.41, 5.74) is 9.38. The molecular formula is C56H66Br2N10O6S. The number of likely N-dealkylation sites (tertiary alicyclic amines) is 1. The van der Waals surface area contributed by atoms with Gasteiger partial charge in [0.1, 0.15) is 29.7 Å². The van der Waals surface area contributed by atoms with Crippen LogP contribution >= 0.6 is 43.2 Å². The number of benzene rings is 4. The van der Waals surface area contributed by atoms with Crippen molar-refractivity contribution >= 4 is 89.2 Å². The van der Waals surface area contributed by atoms with Crippen molar-refractivity contribution in [3.8, 4) is 11.5 Å². The number of pyridine rings is 1. The van der Waals surface area contributed by atoms with E-state index in [0.29, 0.717) is 99.0 Å². The van der Waals surface area contributed by atoms with Crippen molar-refractivity contribution in [1.29, 1.82) is 0 Å². The minimum absolute atomic E-state index is 0.0205. The summed E-state index contributed by atoms with van der Waals surface area (Å²) in [6.45, 7) is 5.01. The molecule has 9 rings (SSSR count). The average Bonchev–Trinajstić information content (AvgIpc) is 3.99. The van der Waals surface area contributed by atoms with E-state index >= 15 is 0 Å². The first-order chi connectivity index (χ1) is 36.5. The lowest BCUT2D eigenvalue weighted by Gasteiger charge is -2.40. The molecule has 0 radical (unpaired) electrons. The minimum atomic E-state index is -1.03. The number of aromatic nitrogens is 1. The van der Waals surface area contributed by atoms with Crippen LogP contribution in [0.5, 0.6) is 11.5 Å².